The molecule has 0 spiro atoms. The minimum atomic E-state index is -0.500. The monoisotopic (exact) mass is 218 g/mol. The van der Waals surface area contributed by atoms with E-state index >= 15 is 0 Å². The van der Waals surface area contributed by atoms with Gasteiger partial charge in [-0.25, -0.2) is 0 Å². The second-order valence-corrected chi connectivity index (χ2v) is 4.35. The molecule has 0 aromatic rings. The van der Waals surface area contributed by atoms with E-state index in [-0.39, 0.29) is 5.41 Å². The molecule has 0 aliphatic carbocycles. The Bertz CT molecular complexity index is 115. The molecule has 4 heteroatoms. The molecule has 0 unspecified atom stereocenters. The summed E-state index contributed by atoms with van der Waals surface area (Å²) in [4.78, 5) is 18.8. The van der Waals surface area contributed by atoms with Crippen LogP contribution in [0.15, 0.2) is 0 Å². The van der Waals surface area contributed by atoms with E-state index in [9.17, 15) is 4.79 Å². The summed E-state index contributed by atoms with van der Waals surface area (Å²) < 4.78 is 0.413. The van der Waals surface area contributed by atoms with Crippen molar-refractivity contribution in [3.63, 3.8) is 0 Å². The second kappa shape index (κ2) is 6.34. The average Bonchev–Trinajstić information content (AvgIpc) is 1.64. The Balaban J connectivity index is 0. The van der Waals surface area contributed by atoms with Crippen LogP contribution < -0.4 is 5.11 Å². The maximum absolute atomic E-state index is 10.5. The van der Waals surface area contributed by atoms with Crippen LogP contribution in [-0.2, 0) is 9.59 Å². The minimum absolute atomic E-state index is 0.0633. The SMILES string of the molecule is CC(C)(C)[C](=O)[Sr+].O=C[O-]. The molecule has 0 aromatic heterocycles. The summed E-state index contributed by atoms with van der Waals surface area (Å²) in [5.74, 6) is 0. The van der Waals surface area contributed by atoms with Gasteiger partial charge in [-0.05, 0) is 0 Å². The van der Waals surface area contributed by atoms with Crippen LogP contribution in [0.25, 0.3) is 0 Å². The normalized spacial score (nSPS) is 9.30. The molecule has 54 valence electrons. The van der Waals surface area contributed by atoms with Gasteiger partial charge in [0, 0.05) is 6.47 Å². The first-order chi connectivity index (χ1) is 4.36. The van der Waals surface area contributed by atoms with Crippen LogP contribution in [0.1, 0.15) is 20.8 Å². The van der Waals surface area contributed by atoms with Gasteiger partial charge in [0.15, 0.2) is 0 Å². The Morgan fingerprint density at radius 3 is 1.60 bits per heavy atom. The van der Waals surface area contributed by atoms with Crippen molar-refractivity contribution < 1.29 is 14.7 Å². The molecule has 0 bridgehead atoms. The zero-order valence-electron chi connectivity index (χ0n) is 6.51. The van der Waals surface area contributed by atoms with Crippen molar-refractivity contribution in [2.24, 2.45) is 5.41 Å². The maximum Gasteiger partial charge on any atom is 0.0275 e. The van der Waals surface area contributed by atoms with Crippen LogP contribution in [0.4, 0.5) is 0 Å². The standard InChI is InChI=1S/C5H9O.CH2O2.Sr/c1-5(2,3)4-6;2-1-3;/h1-3H3;1H,(H,2,3);/q;;+1/p-1. The van der Waals surface area contributed by atoms with Gasteiger partial charge in [-0.15, -0.1) is 0 Å². The summed E-state index contributed by atoms with van der Waals surface area (Å²) in [6.45, 7) is 5.36. The number of rotatable bonds is 0. The van der Waals surface area contributed by atoms with Gasteiger partial charge >= 0.3 is 75.0 Å². The van der Waals surface area contributed by atoms with Crippen LogP contribution in [0.5, 0.6) is 0 Å². The van der Waals surface area contributed by atoms with E-state index in [1.54, 1.807) is 0 Å². The molecule has 0 N–H and O–H groups in total. The molecule has 0 heterocycles. The molecule has 0 rings (SSSR count). The number of carbonyl (C=O) groups excluding carboxylic acids is 2. The fraction of sp³-hybridized carbons (Fsp3) is 0.667. The van der Waals surface area contributed by atoms with Crippen molar-refractivity contribution >= 4 is 50.5 Å². The number of hydrogen-bond acceptors (Lipinski definition) is 3. The third-order valence-corrected chi connectivity index (χ3v) is 3.44. The van der Waals surface area contributed by atoms with Gasteiger partial charge in [0.05, 0.1) is 0 Å². The summed E-state index contributed by atoms with van der Waals surface area (Å²) in [5, 5.41) is 8.25. The topological polar surface area (TPSA) is 57.2 Å². The Kier molecular flexibility index (Phi) is 8.38. The zero-order valence-corrected chi connectivity index (χ0v) is 9.99. The van der Waals surface area contributed by atoms with Gasteiger partial charge in [-0.1, -0.05) is 0 Å². The predicted molar refractivity (Wildman–Crippen MR) is 36.3 cm³/mol. The minimum Gasteiger partial charge on any atom is -0.554 e. The van der Waals surface area contributed by atoms with Crippen LogP contribution in [0.2, 0.25) is 0 Å². The van der Waals surface area contributed by atoms with Crippen molar-refractivity contribution in [2.45, 2.75) is 20.8 Å². The van der Waals surface area contributed by atoms with Gasteiger partial charge in [0.2, 0.25) is 0 Å². The molecule has 0 aromatic carbocycles. The third-order valence-electron chi connectivity index (χ3n) is 0.837. The molecular weight excluding hydrogens is 208 g/mol. The largest absolute Gasteiger partial charge is 0.554 e. The molecular formula is C6H10O3Sr. The molecule has 0 aliphatic heterocycles. The van der Waals surface area contributed by atoms with E-state index < -0.39 is 6.47 Å². The molecule has 0 aliphatic rings. The Morgan fingerprint density at radius 2 is 1.60 bits per heavy atom. The van der Waals surface area contributed by atoms with E-state index in [0.717, 1.165) is 0 Å². The molecule has 0 fully saturated rings. The maximum atomic E-state index is 10.5. The molecule has 0 atom stereocenters. The van der Waals surface area contributed by atoms with Crippen molar-refractivity contribution in [2.75, 3.05) is 0 Å². The fourth-order valence-electron chi connectivity index (χ4n) is 0. The van der Waals surface area contributed by atoms with Crippen molar-refractivity contribution in [1.82, 2.24) is 0 Å². The van der Waals surface area contributed by atoms with Crippen LogP contribution in [0.3, 0.4) is 0 Å². The van der Waals surface area contributed by atoms with Crippen LogP contribution in [-0.4, -0.2) is 50.5 Å². The van der Waals surface area contributed by atoms with E-state index in [1.807, 2.05) is 20.8 Å². The van der Waals surface area contributed by atoms with Gasteiger partial charge in [0.1, 0.15) is 0 Å². The quantitative estimate of drug-likeness (QED) is 0.390. The predicted octanol–water partition coefficient (Wildman–Crippen LogP) is -0.906. The van der Waals surface area contributed by atoms with Gasteiger partial charge in [-0.3, -0.25) is 0 Å². The summed E-state index contributed by atoms with van der Waals surface area (Å²) in [7, 11) is 0. The van der Waals surface area contributed by atoms with Gasteiger partial charge < -0.3 is 9.90 Å². The molecule has 10 heavy (non-hydrogen) atoms. The Hall–Kier alpha value is 0.621. The van der Waals surface area contributed by atoms with E-state index in [4.69, 9.17) is 9.90 Å². The molecule has 0 saturated heterocycles. The third kappa shape index (κ3) is 11.4. The summed E-state index contributed by atoms with van der Waals surface area (Å²) >= 11 is 0.483. The molecule has 0 radical (unpaired) electrons. The molecule has 0 amide bonds. The molecule has 0 saturated carbocycles. The number of carboxylic acid groups (broad SMARTS) is 1. The first-order valence-electron chi connectivity index (χ1n) is 2.78. The second-order valence-electron chi connectivity index (χ2n) is 2.77. The summed E-state index contributed by atoms with van der Waals surface area (Å²) in [6, 6.07) is 0. The average molecular weight is 218 g/mol. The molecule has 3 nitrogen and oxygen atoms in total. The zero-order chi connectivity index (χ0) is 8.78. The summed E-state index contributed by atoms with van der Waals surface area (Å²) in [5.41, 5.74) is -0.0633. The number of hydrogen-bond donors (Lipinski definition) is 0. The summed E-state index contributed by atoms with van der Waals surface area (Å²) in [6.07, 6.45) is 0. The van der Waals surface area contributed by atoms with Gasteiger partial charge in [0.25, 0.3) is 0 Å². The van der Waals surface area contributed by atoms with Crippen LogP contribution >= 0.6 is 0 Å². The van der Waals surface area contributed by atoms with Crippen molar-refractivity contribution in [3.05, 3.63) is 0 Å². The van der Waals surface area contributed by atoms with E-state index in [1.165, 1.54) is 0 Å². The smallest absolute Gasteiger partial charge is 0.0275 e. The Labute approximate surface area is 90.3 Å². The van der Waals surface area contributed by atoms with Gasteiger partial charge in [-0.2, -0.15) is 0 Å². The van der Waals surface area contributed by atoms with Crippen molar-refractivity contribution in [1.29, 1.82) is 0 Å². The first-order valence-corrected chi connectivity index (χ1v) is 4.52. The first kappa shape index (κ1) is 13.2. The Morgan fingerprint density at radius 1 is 1.50 bits per heavy atom. The fourth-order valence-corrected chi connectivity index (χ4v) is 0. The van der Waals surface area contributed by atoms with E-state index in [2.05, 4.69) is 0 Å². The van der Waals surface area contributed by atoms with Crippen molar-refractivity contribution in [3.8, 4) is 0 Å². The van der Waals surface area contributed by atoms with Crippen LogP contribution in [0, 0.1) is 5.41 Å². The van der Waals surface area contributed by atoms with E-state index in [0.29, 0.717) is 44.0 Å². The number of carbonyl (C=O) groups is 2.